The maximum Gasteiger partial charge on any atom is 0.225 e. The van der Waals surface area contributed by atoms with Gasteiger partial charge in [0.05, 0.1) is 5.69 Å². The molecule has 2 N–H and O–H groups in total. The molecule has 0 unspecified atom stereocenters. The lowest BCUT2D eigenvalue weighted by atomic mass is 10.2. The van der Waals surface area contributed by atoms with E-state index in [0.29, 0.717) is 19.4 Å². The lowest BCUT2D eigenvalue weighted by Crippen LogP contribution is -2.23. The predicted octanol–water partition coefficient (Wildman–Crippen LogP) is 1.15. The van der Waals surface area contributed by atoms with E-state index in [0.717, 1.165) is 23.5 Å². The summed E-state index contributed by atoms with van der Waals surface area (Å²) in [5.41, 5.74) is 2.01. The topological polar surface area (TPSA) is 76.0 Å². The fourth-order valence-corrected chi connectivity index (χ4v) is 1.99. The minimum absolute atomic E-state index is 0.0527. The minimum atomic E-state index is -0.0732. The first-order valence-corrected chi connectivity index (χ1v) is 6.52. The van der Waals surface area contributed by atoms with Crippen LogP contribution in [-0.4, -0.2) is 28.1 Å². The molecule has 1 rings (SSSR count). The molecule has 0 aliphatic rings. The van der Waals surface area contributed by atoms with Gasteiger partial charge in [-0.25, -0.2) is 0 Å². The van der Waals surface area contributed by atoms with Crippen molar-refractivity contribution in [2.24, 2.45) is 7.05 Å². The Morgan fingerprint density at radius 2 is 2.05 bits per heavy atom. The van der Waals surface area contributed by atoms with Gasteiger partial charge in [-0.1, -0.05) is 6.92 Å². The van der Waals surface area contributed by atoms with Crippen LogP contribution >= 0.6 is 0 Å². The Bertz CT molecular complexity index is 465. The Hall–Kier alpha value is -1.85. The zero-order chi connectivity index (χ0) is 14.4. The number of carbonyl (C=O) groups excluding carboxylic acids is 2. The molecule has 0 aliphatic heterocycles. The van der Waals surface area contributed by atoms with Gasteiger partial charge in [0.1, 0.15) is 5.82 Å². The van der Waals surface area contributed by atoms with Crippen molar-refractivity contribution in [2.75, 3.05) is 11.9 Å². The van der Waals surface area contributed by atoms with Gasteiger partial charge in [-0.15, -0.1) is 0 Å². The summed E-state index contributed by atoms with van der Waals surface area (Å²) in [5, 5.41) is 9.85. The van der Waals surface area contributed by atoms with E-state index >= 15 is 0 Å². The molecule has 6 nitrogen and oxygen atoms in total. The molecule has 0 fully saturated rings. The molecule has 2 amide bonds. The van der Waals surface area contributed by atoms with Crippen molar-refractivity contribution in [1.29, 1.82) is 0 Å². The number of aryl methyl sites for hydroxylation is 2. The highest BCUT2D eigenvalue weighted by Gasteiger charge is 2.13. The van der Waals surface area contributed by atoms with Crippen LogP contribution in [0.4, 0.5) is 5.82 Å². The van der Waals surface area contributed by atoms with Crippen molar-refractivity contribution >= 4 is 17.6 Å². The number of nitrogens with zero attached hydrogens (tertiary/aromatic N) is 2. The van der Waals surface area contributed by atoms with Crippen LogP contribution in [0.2, 0.25) is 0 Å². The average molecular weight is 266 g/mol. The molecule has 1 heterocycles. The van der Waals surface area contributed by atoms with E-state index in [1.807, 2.05) is 20.9 Å². The number of anilines is 1. The molecular formula is C13H22N4O2. The molecule has 0 atom stereocenters. The summed E-state index contributed by atoms with van der Waals surface area (Å²) in [5.74, 6) is 0.642. The SMILES string of the molecule is CCc1c(C)nn(C)c1NC(=O)CCCNC(C)=O. The highest BCUT2D eigenvalue weighted by Crippen LogP contribution is 2.19. The van der Waals surface area contributed by atoms with Gasteiger partial charge in [0.2, 0.25) is 11.8 Å². The summed E-state index contributed by atoms with van der Waals surface area (Å²) in [6.45, 7) is 5.96. The van der Waals surface area contributed by atoms with E-state index in [2.05, 4.69) is 15.7 Å². The van der Waals surface area contributed by atoms with Crippen LogP contribution in [-0.2, 0) is 23.1 Å². The van der Waals surface area contributed by atoms with E-state index in [1.54, 1.807) is 4.68 Å². The van der Waals surface area contributed by atoms with E-state index in [4.69, 9.17) is 0 Å². The summed E-state index contributed by atoms with van der Waals surface area (Å²) >= 11 is 0. The Morgan fingerprint density at radius 1 is 1.37 bits per heavy atom. The van der Waals surface area contributed by atoms with E-state index < -0.39 is 0 Å². The van der Waals surface area contributed by atoms with Gasteiger partial charge in [-0.2, -0.15) is 5.10 Å². The first kappa shape index (κ1) is 15.2. The third-order valence-corrected chi connectivity index (χ3v) is 2.91. The molecule has 19 heavy (non-hydrogen) atoms. The number of aromatic nitrogens is 2. The second kappa shape index (κ2) is 6.92. The lowest BCUT2D eigenvalue weighted by Gasteiger charge is -2.08. The van der Waals surface area contributed by atoms with Crippen LogP contribution in [0.5, 0.6) is 0 Å². The third kappa shape index (κ3) is 4.39. The predicted molar refractivity (Wildman–Crippen MR) is 73.9 cm³/mol. The average Bonchev–Trinajstić information content (AvgIpc) is 2.59. The molecule has 0 aromatic carbocycles. The van der Waals surface area contributed by atoms with Gasteiger partial charge in [0, 0.05) is 32.5 Å². The summed E-state index contributed by atoms with van der Waals surface area (Å²) in [4.78, 5) is 22.5. The Balaban J connectivity index is 2.50. The largest absolute Gasteiger partial charge is 0.356 e. The molecule has 0 saturated heterocycles. The van der Waals surface area contributed by atoms with E-state index in [1.165, 1.54) is 6.92 Å². The minimum Gasteiger partial charge on any atom is -0.356 e. The molecule has 106 valence electrons. The molecule has 0 aliphatic carbocycles. The maximum absolute atomic E-state index is 11.8. The zero-order valence-electron chi connectivity index (χ0n) is 12.0. The number of hydrogen-bond donors (Lipinski definition) is 2. The van der Waals surface area contributed by atoms with Gasteiger partial charge >= 0.3 is 0 Å². The second-order valence-electron chi connectivity index (χ2n) is 4.52. The van der Waals surface area contributed by atoms with E-state index in [-0.39, 0.29) is 11.8 Å². The molecule has 1 aromatic rings. The Kier molecular flexibility index (Phi) is 5.54. The van der Waals surface area contributed by atoms with Crippen molar-refractivity contribution in [3.8, 4) is 0 Å². The highest BCUT2D eigenvalue weighted by molar-refractivity contribution is 5.90. The van der Waals surface area contributed by atoms with Gasteiger partial charge in [0.15, 0.2) is 0 Å². The standard InChI is InChI=1S/C13H22N4O2/c1-5-11-9(2)16-17(4)13(11)15-12(19)7-6-8-14-10(3)18/h5-8H2,1-4H3,(H,14,18)(H,15,19). The molecule has 1 aromatic heterocycles. The summed E-state index contributed by atoms with van der Waals surface area (Å²) < 4.78 is 1.69. The molecule has 0 bridgehead atoms. The van der Waals surface area contributed by atoms with Crippen molar-refractivity contribution in [3.05, 3.63) is 11.3 Å². The zero-order valence-corrected chi connectivity index (χ0v) is 12.0. The van der Waals surface area contributed by atoms with Crippen LogP contribution < -0.4 is 10.6 Å². The second-order valence-corrected chi connectivity index (χ2v) is 4.52. The van der Waals surface area contributed by atoms with Crippen LogP contribution in [0.15, 0.2) is 0 Å². The summed E-state index contributed by atoms with van der Waals surface area (Å²) in [6, 6.07) is 0. The maximum atomic E-state index is 11.8. The molecule has 6 heteroatoms. The number of rotatable bonds is 6. The van der Waals surface area contributed by atoms with E-state index in [9.17, 15) is 9.59 Å². The number of hydrogen-bond acceptors (Lipinski definition) is 3. The van der Waals surface area contributed by atoms with Crippen LogP contribution in [0, 0.1) is 6.92 Å². The normalized spacial score (nSPS) is 10.3. The lowest BCUT2D eigenvalue weighted by molar-refractivity contribution is -0.119. The highest BCUT2D eigenvalue weighted by atomic mass is 16.2. The van der Waals surface area contributed by atoms with Gasteiger partial charge in [0.25, 0.3) is 0 Å². The third-order valence-electron chi connectivity index (χ3n) is 2.91. The molecular weight excluding hydrogens is 244 g/mol. The summed E-state index contributed by atoms with van der Waals surface area (Å²) in [7, 11) is 1.82. The number of carbonyl (C=O) groups is 2. The van der Waals surface area contributed by atoms with Gasteiger partial charge in [-0.05, 0) is 19.8 Å². The monoisotopic (exact) mass is 266 g/mol. The molecule has 0 spiro atoms. The van der Waals surface area contributed by atoms with Gasteiger partial charge in [-0.3, -0.25) is 14.3 Å². The molecule has 0 radical (unpaired) electrons. The van der Waals surface area contributed by atoms with Crippen molar-refractivity contribution in [3.63, 3.8) is 0 Å². The van der Waals surface area contributed by atoms with Crippen LogP contribution in [0.25, 0.3) is 0 Å². The Labute approximate surface area is 113 Å². The van der Waals surface area contributed by atoms with Crippen molar-refractivity contribution in [2.45, 2.75) is 40.0 Å². The first-order valence-electron chi connectivity index (χ1n) is 6.52. The first-order chi connectivity index (χ1) is 8.95. The van der Waals surface area contributed by atoms with Crippen molar-refractivity contribution < 1.29 is 9.59 Å². The quantitative estimate of drug-likeness (QED) is 0.758. The van der Waals surface area contributed by atoms with Gasteiger partial charge < -0.3 is 10.6 Å². The van der Waals surface area contributed by atoms with Crippen LogP contribution in [0.1, 0.15) is 37.9 Å². The van der Waals surface area contributed by atoms with Crippen LogP contribution in [0.3, 0.4) is 0 Å². The summed E-state index contributed by atoms with van der Waals surface area (Å²) in [6.07, 6.45) is 1.85. The van der Waals surface area contributed by atoms with Crippen molar-refractivity contribution in [1.82, 2.24) is 15.1 Å². The smallest absolute Gasteiger partial charge is 0.225 e. The number of amides is 2. The molecule has 0 saturated carbocycles. The fraction of sp³-hybridized carbons (Fsp3) is 0.615. The Morgan fingerprint density at radius 3 is 2.63 bits per heavy atom. The fourth-order valence-electron chi connectivity index (χ4n) is 1.99. The number of nitrogens with one attached hydrogen (secondary N) is 2.